The van der Waals surface area contributed by atoms with Crippen LogP contribution in [0.4, 0.5) is 0 Å². The van der Waals surface area contributed by atoms with Gasteiger partial charge in [-0.15, -0.1) is 0 Å². The van der Waals surface area contributed by atoms with E-state index in [4.69, 9.17) is 23.2 Å². The Morgan fingerprint density at radius 1 is 0.711 bits per heavy atom. The molecule has 0 radical (unpaired) electrons. The summed E-state index contributed by atoms with van der Waals surface area (Å²) in [5, 5.41) is 1.39. The van der Waals surface area contributed by atoms with E-state index in [0.717, 1.165) is 24.2 Å². The number of hydrogen-bond acceptors (Lipinski definition) is 3. The summed E-state index contributed by atoms with van der Waals surface area (Å²) in [6.45, 7) is 4.03. The summed E-state index contributed by atoms with van der Waals surface area (Å²) < 4.78 is 0. The lowest BCUT2D eigenvalue weighted by atomic mass is 9.46. The highest BCUT2D eigenvalue weighted by Gasteiger charge is 2.60. The van der Waals surface area contributed by atoms with E-state index >= 15 is 0 Å². The number of likely N-dealkylation sites (tertiary alicyclic amines) is 1. The Morgan fingerprint density at radius 2 is 1.16 bits per heavy atom. The molecule has 1 spiro atoms. The van der Waals surface area contributed by atoms with Gasteiger partial charge in [-0.2, -0.15) is 0 Å². The molecule has 0 bridgehead atoms. The number of carbonyl (C=O) groups excluding carboxylic acids is 2. The van der Waals surface area contributed by atoms with Crippen LogP contribution < -0.4 is 0 Å². The van der Waals surface area contributed by atoms with Crippen LogP contribution in [0.5, 0.6) is 0 Å². The van der Waals surface area contributed by atoms with Crippen molar-refractivity contribution in [3.63, 3.8) is 0 Å². The van der Waals surface area contributed by atoms with Gasteiger partial charge in [0.25, 0.3) is 0 Å². The third kappa shape index (κ3) is 4.63. The summed E-state index contributed by atoms with van der Waals surface area (Å²) in [6.07, 6.45) is 2.04. The van der Waals surface area contributed by atoms with Crippen LogP contribution in [0.2, 0.25) is 10.0 Å². The molecule has 3 aliphatic rings. The van der Waals surface area contributed by atoms with Crippen molar-refractivity contribution in [2.45, 2.75) is 50.5 Å². The first-order valence-electron chi connectivity index (χ1n) is 13.7. The molecule has 38 heavy (non-hydrogen) atoms. The molecule has 5 heteroatoms. The average molecular weight is 547 g/mol. The van der Waals surface area contributed by atoms with Gasteiger partial charge in [-0.25, -0.2) is 0 Å². The van der Waals surface area contributed by atoms with Crippen molar-refractivity contribution in [1.82, 2.24) is 4.90 Å². The Balaban J connectivity index is 1.47. The van der Waals surface area contributed by atoms with E-state index in [-0.39, 0.29) is 46.7 Å². The predicted octanol–water partition coefficient (Wildman–Crippen LogP) is 7.88. The van der Waals surface area contributed by atoms with Crippen molar-refractivity contribution in [2.75, 3.05) is 13.1 Å². The van der Waals surface area contributed by atoms with Gasteiger partial charge in [0, 0.05) is 54.9 Å². The third-order valence-electron chi connectivity index (χ3n) is 9.68. The van der Waals surface area contributed by atoms with Crippen LogP contribution in [0.25, 0.3) is 0 Å². The second-order valence-electron chi connectivity index (χ2n) is 11.6. The fraction of sp³-hybridized carbons (Fsp3) is 0.394. The molecule has 1 aliphatic heterocycles. The van der Waals surface area contributed by atoms with E-state index in [1.54, 1.807) is 0 Å². The minimum absolute atomic E-state index is 0.0681. The molecular formula is C33H33Cl2NO2. The van der Waals surface area contributed by atoms with Crippen molar-refractivity contribution in [1.29, 1.82) is 0 Å². The number of carbonyl (C=O) groups is 2. The van der Waals surface area contributed by atoms with Crippen molar-refractivity contribution in [3.8, 4) is 0 Å². The molecule has 0 aromatic heterocycles. The Bertz CT molecular complexity index is 1240. The lowest BCUT2D eigenvalue weighted by molar-refractivity contribution is -0.152. The molecule has 2 aliphatic carbocycles. The van der Waals surface area contributed by atoms with Crippen LogP contribution in [0.3, 0.4) is 0 Å². The third-order valence-corrected chi connectivity index (χ3v) is 10.2. The van der Waals surface area contributed by atoms with Crippen LogP contribution in [-0.2, 0) is 9.59 Å². The fourth-order valence-electron chi connectivity index (χ4n) is 7.89. The van der Waals surface area contributed by atoms with Crippen LogP contribution in [0.15, 0.2) is 78.9 Å². The van der Waals surface area contributed by atoms with Crippen molar-refractivity contribution in [3.05, 3.63) is 106 Å². The summed E-state index contributed by atoms with van der Waals surface area (Å²) in [5.41, 5.74) is 3.26. The minimum atomic E-state index is -0.341. The molecule has 0 N–H and O–H groups in total. The van der Waals surface area contributed by atoms with Gasteiger partial charge in [0.15, 0.2) is 0 Å². The van der Waals surface area contributed by atoms with Crippen LogP contribution in [0, 0.1) is 17.3 Å². The largest absolute Gasteiger partial charge is 0.300 e. The molecule has 196 valence electrons. The number of nitrogens with zero attached hydrogens (tertiary/aromatic N) is 1. The lowest BCUT2D eigenvalue weighted by Crippen LogP contribution is -2.62. The molecule has 3 aromatic carbocycles. The van der Waals surface area contributed by atoms with Crippen LogP contribution in [-0.4, -0.2) is 29.6 Å². The van der Waals surface area contributed by atoms with Gasteiger partial charge in [0.05, 0.1) is 0 Å². The standard InChI is InChI=1S/C33H33Cl2NO2/c1-21(22-5-3-2-4-6-22)36-19-31-29(23-7-11-25(34)12-8-23)15-27(37)17-33(31)18-28(38)16-30(32(33)20-36)24-9-13-26(35)14-10-24/h2-14,21,29-32H,15-20H2,1H3/t21-,29-,30+,31?,32?,33?/m1/s1. The summed E-state index contributed by atoms with van der Waals surface area (Å²) in [5.74, 6) is 1.09. The summed E-state index contributed by atoms with van der Waals surface area (Å²) in [7, 11) is 0. The molecule has 3 nitrogen and oxygen atoms in total. The smallest absolute Gasteiger partial charge is 0.134 e. The van der Waals surface area contributed by atoms with Gasteiger partial charge in [0.1, 0.15) is 11.6 Å². The van der Waals surface area contributed by atoms with E-state index in [2.05, 4.69) is 66.4 Å². The van der Waals surface area contributed by atoms with Crippen molar-refractivity contribution in [2.24, 2.45) is 17.3 Å². The molecule has 0 amide bonds. The normalized spacial score (nSPS) is 30.4. The predicted molar refractivity (Wildman–Crippen MR) is 153 cm³/mol. The number of hydrogen-bond donors (Lipinski definition) is 0. The Labute approximate surface area is 235 Å². The van der Waals surface area contributed by atoms with E-state index in [0.29, 0.717) is 35.7 Å². The SMILES string of the molecule is C[C@H](c1ccccc1)N1CC2[C@@H](c3ccc(Cl)cc3)CC(=O)CC23CC(=O)C[C@@H](c2ccc(Cl)cc2)C3C1. The fourth-order valence-corrected chi connectivity index (χ4v) is 8.15. The second-order valence-corrected chi connectivity index (χ2v) is 12.5. The quantitative estimate of drug-likeness (QED) is 0.334. The maximum absolute atomic E-state index is 13.5. The zero-order valence-corrected chi connectivity index (χ0v) is 23.2. The minimum Gasteiger partial charge on any atom is -0.300 e. The zero-order valence-electron chi connectivity index (χ0n) is 21.7. The number of halogens is 2. The van der Waals surface area contributed by atoms with Gasteiger partial charge in [-0.3, -0.25) is 14.5 Å². The van der Waals surface area contributed by atoms with E-state index in [1.807, 2.05) is 24.3 Å². The van der Waals surface area contributed by atoms with Crippen LogP contribution >= 0.6 is 23.2 Å². The molecule has 6 atom stereocenters. The molecule has 3 unspecified atom stereocenters. The first-order chi connectivity index (χ1) is 18.3. The number of piperidine rings is 1. The molecule has 3 fully saturated rings. The highest BCUT2D eigenvalue weighted by Crippen LogP contribution is 2.62. The maximum Gasteiger partial charge on any atom is 0.134 e. The van der Waals surface area contributed by atoms with Gasteiger partial charge in [-0.1, -0.05) is 77.8 Å². The van der Waals surface area contributed by atoms with Gasteiger partial charge in [-0.05, 0) is 77.0 Å². The van der Waals surface area contributed by atoms with E-state index < -0.39 is 0 Å². The van der Waals surface area contributed by atoms with Gasteiger partial charge >= 0.3 is 0 Å². The first-order valence-corrected chi connectivity index (χ1v) is 14.4. The Kier molecular flexibility index (Phi) is 6.97. The van der Waals surface area contributed by atoms with Crippen molar-refractivity contribution < 1.29 is 9.59 Å². The number of Topliss-reactive ketones (excluding diaryl/α,β-unsaturated/α-hetero) is 2. The zero-order chi connectivity index (χ0) is 26.4. The molecule has 1 heterocycles. The highest BCUT2D eigenvalue weighted by molar-refractivity contribution is 6.30. The molecule has 6 rings (SSSR count). The maximum atomic E-state index is 13.5. The van der Waals surface area contributed by atoms with Crippen LogP contribution in [0.1, 0.15) is 67.2 Å². The summed E-state index contributed by atoms with van der Waals surface area (Å²) in [4.78, 5) is 29.6. The van der Waals surface area contributed by atoms with Gasteiger partial charge < -0.3 is 0 Å². The second kappa shape index (κ2) is 10.3. The Hall–Kier alpha value is -2.46. The van der Waals surface area contributed by atoms with E-state index in [1.165, 1.54) is 5.56 Å². The van der Waals surface area contributed by atoms with E-state index in [9.17, 15) is 9.59 Å². The molecule has 3 aromatic rings. The summed E-state index contributed by atoms with van der Waals surface area (Å²) >= 11 is 12.5. The average Bonchev–Trinajstić information content (AvgIpc) is 2.92. The highest BCUT2D eigenvalue weighted by atomic mass is 35.5. The molecular weight excluding hydrogens is 513 g/mol. The number of ketones is 2. The monoisotopic (exact) mass is 545 g/mol. The number of rotatable bonds is 4. The first kappa shape index (κ1) is 25.8. The van der Waals surface area contributed by atoms with Crippen molar-refractivity contribution >= 4 is 34.8 Å². The molecule has 2 saturated carbocycles. The molecule has 1 saturated heterocycles. The van der Waals surface area contributed by atoms with Gasteiger partial charge in [0.2, 0.25) is 0 Å². The topological polar surface area (TPSA) is 37.4 Å². The lowest BCUT2D eigenvalue weighted by Gasteiger charge is -2.61. The Morgan fingerprint density at radius 3 is 1.61 bits per heavy atom. The summed E-state index contributed by atoms with van der Waals surface area (Å²) in [6, 6.07) is 26.9. The number of benzene rings is 3.